The Hall–Kier alpha value is -0.940. The van der Waals surface area contributed by atoms with Crippen molar-refractivity contribution in [3.63, 3.8) is 0 Å². The fourth-order valence-corrected chi connectivity index (χ4v) is 2.03. The number of nitrogens with zero attached hydrogens (tertiary/aromatic N) is 1. The molecule has 0 amide bonds. The van der Waals surface area contributed by atoms with Gasteiger partial charge in [-0.3, -0.25) is 10.1 Å². The van der Waals surface area contributed by atoms with Crippen LogP contribution in [0.5, 0.6) is 0 Å². The van der Waals surface area contributed by atoms with E-state index in [-0.39, 0.29) is 10.6 Å². The molecule has 0 aromatic heterocycles. The largest absolute Gasteiger partial charge is 0.390 e. The van der Waals surface area contributed by atoms with Crippen LogP contribution in [-0.4, -0.2) is 15.6 Å². The molecule has 0 heterocycles. The van der Waals surface area contributed by atoms with Crippen LogP contribution in [0.25, 0.3) is 0 Å². The fourth-order valence-electron chi connectivity index (χ4n) is 1.68. The lowest BCUT2D eigenvalue weighted by Gasteiger charge is -2.07. The van der Waals surface area contributed by atoms with Crippen molar-refractivity contribution < 1.29 is 10.0 Å². The molecule has 16 heavy (non-hydrogen) atoms. The molecule has 1 aromatic carbocycles. The first-order valence-electron chi connectivity index (χ1n) is 5.15. The van der Waals surface area contributed by atoms with Gasteiger partial charge < -0.3 is 5.11 Å². The first-order valence-corrected chi connectivity index (χ1v) is 5.95. The molecule has 2 rings (SSSR count). The predicted molar refractivity (Wildman–Crippen MR) is 63.3 cm³/mol. The van der Waals surface area contributed by atoms with Crippen molar-refractivity contribution in [2.75, 3.05) is 0 Å². The summed E-state index contributed by atoms with van der Waals surface area (Å²) >= 11 is 3.21. The summed E-state index contributed by atoms with van der Waals surface area (Å²) in [6.45, 7) is 0. The van der Waals surface area contributed by atoms with Gasteiger partial charge in [-0.1, -0.05) is 22.0 Å². The predicted octanol–water partition coefficient (Wildman–Crippen LogP) is 2.81. The Morgan fingerprint density at radius 1 is 1.50 bits per heavy atom. The van der Waals surface area contributed by atoms with Crippen molar-refractivity contribution in [3.05, 3.63) is 38.3 Å². The van der Waals surface area contributed by atoms with Gasteiger partial charge in [-0.2, -0.15) is 0 Å². The van der Waals surface area contributed by atoms with Crippen molar-refractivity contribution in [2.45, 2.75) is 31.3 Å². The summed E-state index contributed by atoms with van der Waals surface area (Å²) < 4.78 is 0.702. The second-order valence-corrected chi connectivity index (χ2v) is 5.17. The van der Waals surface area contributed by atoms with E-state index in [1.165, 1.54) is 6.07 Å². The zero-order valence-corrected chi connectivity index (χ0v) is 10.2. The second kappa shape index (κ2) is 4.14. The maximum Gasteiger partial charge on any atom is 0.273 e. The van der Waals surface area contributed by atoms with Crippen LogP contribution in [-0.2, 0) is 6.42 Å². The maximum atomic E-state index is 10.8. The molecule has 1 aromatic rings. The lowest BCUT2D eigenvalue weighted by Crippen LogP contribution is -2.08. The van der Waals surface area contributed by atoms with Crippen LogP contribution in [0.15, 0.2) is 22.7 Å². The first-order chi connectivity index (χ1) is 7.50. The first kappa shape index (κ1) is 11.5. The minimum Gasteiger partial charge on any atom is -0.390 e. The summed E-state index contributed by atoms with van der Waals surface area (Å²) in [6, 6.07) is 5.04. The third-order valence-corrected chi connectivity index (χ3v) is 3.42. The summed E-state index contributed by atoms with van der Waals surface area (Å²) in [6.07, 6.45) is 2.80. The topological polar surface area (TPSA) is 63.4 Å². The van der Waals surface area contributed by atoms with E-state index in [1.807, 2.05) is 0 Å². The van der Waals surface area contributed by atoms with E-state index in [9.17, 15) is 15.2 Å². The summed E-state index contributed by atoms with van der Waals surface area (Å²) in [5, 5.41) is 20.5. The molecule has 1 aliphatic carbocycles. The number of halogens is 1. The smallest absolute Gasteiger partial charge is 0.273 e. The van der Waals surface area contributed by atoms with E-state index in [0.29, 0.717) is 22.9 Å². The number of aliphatic hydroxyl groups is 1. The van der Waals surface area contributed by atoms with Crippen LogP contribution >= 0.6 is 15.9 Å². The molecule has 0 aliphatic heterocycles. The Kier molecular flexibility index (Phi) is 2.99. The molecular weight excluding hydrogens is 274 g/mol. The number of hydrogen-bond acceptors (Lipinski definition) is 3. The SMILES string of the molecule is O=[N+]([O-])c1cc(Br)ccc1CCC1(O)CC1. The van der Waals surface area contributed by atoms with Crippen molar-refractivity contribution >= 4 is 21.6 Å². The second-order valence-electron chi connectivity index (χ2n) is 4.25. The van der Waals surface area contributed by atoms with E-state index < -0.39 is 5.60 Å². The highest BCUT2D eigenvalue weighted by Crippen LogP contribution is 2.40. The standard InChI is InChI=1S/C11H12BrNO3/c12-9-2-1-8(10(7-9)13(15)16)3-4-11(14)5-6-11/h1-2,7,14H,3-6H2. The molecule has 4 nitrogen and oxygen atoms in total. The summed E-state index contributed by atoms with van der Waals surface area (Å²) in [5.74, 6) is 0. The van der Waals surface area contributed by atoms with E-state index in [4.69, 9.17) is 0 Å². The molecule has 0 unspecified atom stereocenters. The summed E-state index contributed by atoms with van der Waals surface area (Å²) in [5.41, 5.74) is 0.258. The lowest BCUT2D eigenvalue weighted by molar-refractivity contribution is -0.385. The Labute approximate surface area is 102 Å². The minimum atomic E-state index is -0.555. The summed E-state index contributed by atoms with van der Waals surface area (Å²) in [4.78, 5) is 10.5. The number of rotatable bonds is 4. The molecule has 86 valence electrons. The number of nitro groups is 1. The highest BCUT2D eigenvalue weighted by Gasteiger charge is 2.39. The molecule has 1 N–H and O–H groups in total. The minimum absolute atomic E-state index is 0.124. The molecule has 5 heteroatoms. The molecule has 1 fully saturated rings. The van der Waals surface area contributed by atoms with Crippen LogP contribution in [0, 0.1) is 10.1 Å². The average molecular weight is 286 g/mol. The molecule has 1 aliphatic rings. The van der Waals surface area contributed by atoms with Gasteiger partial charge in [-0.05, 0) is 31.7 Å². The lowest BCUT2D eigenvalue weighted by atomic mass is 10.0. The quantitative estimate of drug-likeness (QED) is 0.683. The highest BCUT2D eigenvalue weighted by molar-refractivity contribution is 9.10. The Bertz CT molecular complexity index is 429. The maximum absolute atomic E-state index is 10.8. The van der Waals surface area contributed by atoms with Gasteiger partial charge in [-0.15, -0.1) is 0 Å². The third-order valence-electron chi connectivity index (χ3n) is 2.93. The monoisotopic (exact) mass is 285 g/mol. The zero-order valence-electron chi connectivity index (χ0n) is 8.65. The highest BCUT2D eigenvalue weighted by atomic mass is 79.9. The number of benzene rings is 1. The number of nitro benzene ring substituents is 1. The van der Waals surface area contributed by atoms with Gasteiger partial charge in [0.2, 0.25) is 0 Å². The van der Waals surface area contributed by atoms with Gasteiger partial charge in [0.1, 0.15) is 0 Å². The van der Waals surface area contributed by atoms with Crippen molar-refractivity contribution in [1.29, 1.82) is 0 Å². The zero-order chi connectivity index (χ0) is 11.8. The normalized spacial score (nSPS) is 17.1. The van der Waals surface area contributed by atoms with E-state index in [2.05, 4.69) is 15.9 Å². The van der Waals surface area contributed by atoms with E-state index >= 15 is 0 Å². The van der Waals surface area contributed by atoms with Gasteiger partial charge in [0.05, 0.1) is 10.5 Å². The fraction of sp³-hybridized carbons (Fsp3) is 0.455. The van der Waals surface area contributed by atoms with E-state index in [0.717, 1.165) is 12.8 Å². The summed E-state index contributed by atoms with van der Waals surface area (Å²) in [7, 11) is 0. The van der Waals surface area contributed by atoms with Crippen molar-refractivity contribution in [3.8, 4) is 0 Å². The molecule has 0 spiro atoms. The molecule has 1 saturated carbocycles. The molecule has 0 bridgehead atoms. The third kappa shape index (κ3) is 2.59. The molecular formula is C11H12BrNO3. The van der Waals surface area contributed by atoms with Crippen LogP contribution in [0.2, 0.25) is 0 Å². The van der Waals surface area contributed by atoms with Gasteiger partial charge in [0, 0.05) is 16.1 Å². The molecule has 0 atom stereocenters. The average Bonchev–Trinajstić information content (AvgIpc) is 2.95. The van der Waals surface area contributed by atoms with Crippen molar-refractivity contribution in [1.82, 2.24) is 0 Å². The van der Waals surface area contributed by atoms with Gasteiger partial charge >= 0.3 is 0 Å². The van der Waals surface area contributed by atoms with Crippen LogP contribution in [0.4, 0.5) is 5.69 Å². The van der Waals surface area contributed by atoms with E-state index in [1.54, 1.807) is 12.1 Å². The number of hydrogen-bond donors (Lipinski definition) is 1. The Morgan fingerprint density at radius 2 is 2.19 bits per heavy atom. The Balaban J connectivity index is 2.15. The molecule has 0 radical (unpaired) electrons. The number of aryl methyl sites for hydroxylation is 1. The van der Waals surface area contributed by atoms with Crippen LogP contribution in [0.1, 0.15) is 24.8 Å². The van der Waals surface area contributed by atoms with Gasteiger partial charge in [0.15, 0.2) is 0 Å². The van der Waals surface area contributed by atoms with Crippen LogP contribution in [0.3, 0.4) is 0 Å². The van der Waals surface area contributed by atoms with Gasteiger partial charge in [-0.25, -0.2) is 0 Å². The Morgan fingerprint density at radius 3 is 2.75 bits per heavy atom. The van der Waals surface area contributed by atoms with Crippen LogP contribution < -0.4 is 0 Å². The van der Waals surface area contributed by atoms with Crippen molar-refractivity contribution in [2.24, 2.45) is 0 Å². The van der Waals surface area contributed by atoms with Gasteiger partial charge in [0.25, 0.3) is 5.69 Å². The molecule has 0 saturated heterocycles.